The molecule has 2 atom stereocenters. The van der Waals surface area contributed by atoms with Crippen LogP contribution in [0.15, 0.2) is 24.5 Å². The first-order valence-corrected chi connectivity index (χ1v) is 9.18. The van der Waals surface area contributed by atoms with Crippen molar-refractivity contribution in [1.29, 1.82) is 0 Å². The van der Waals surface area contributed by atoms with Gasteiger partial charge in [-0.05, 0) is 37.5 Å². The van der Waals surface area contributed by atoms with Crippen molar-refractivity contribution in [2.45, 2.75) is 31.9 Å². The van der Waals surface area contributed by atoms with Crippen molar-refractivity contribution in [3.8, 4) is 0 Å². The second kappa shape index (κ2) is 8.01. The zero-order valence-electron chi connectivity index (χ0n) is 13.1. The van der Waals surface area contributed by atoms with Crippen LogP contribution in [0.25, 0.3) is 0 Å². The van der Waals surface area contributed by atoms with Crippen LogP contribution in [-0.2, 0) is 25.9 Å². The van der Waals surface area contributed by atoms with Crippen molar-refractivity contribution in [2.24, 2.45) is 0 Å². The Morgan fingerprint density at radius 1 is 1.32 bits per heavy atom. The van der Waals surface area contributed by atoms with Gasteiger partial charge in [-0.15, -0.1) is 0 Å². The highest BCUT2D eigenvalue weighted by Crippen LogP contribution is 2.27. The van der Waals surface area contributed by atoms with Crippen molar-refractivity contribution >= 4 is 10.0 Å². The normalized spacial score (nSPS) is 23.0. The highest BCUT2D eigenvalue weighted by molar-refractivity contribution is 7.89. The van der Waals surface area contributed by atoms with Crippen LogP contribution < -0.4 is 0 Å². The Morgan fingerprint density at radius 3 is 2.68 bits per heavy atom. The number of aromatic nitrogens is 1. The summed E-state index contributed by atoms with van der Waals surface area (Å²) in [5.74, 6) is 0.116. The Hall–Kier alpha value is -1.02. The lowest BCUT2D eigenvalue weighted by Gasteiger charge is -2.27. The van der Waals surface area contributed by atoms with E-state index in [1.165, 1.54) is 0 Å². The summed E-state index contributed by atoms with van der Waals surface area (Å²) in [6, 6.07) is 3.67. The molecule has 0 radical (unpaired) electrons. The van der Waals surface area contributed by atoms with E-state index in [1.807, 2.05) is 12.1 Å². The van der Waals surface area contributed by atoms with E-state index in [-0.39, 0.29) is 17.9 Å². The monoisotopic (exact) mass is 328 g/mol. The van der Waals surface area contributed by atoms with Crippen molar-refractivity contribution in [3.63, 3.8) is 0 Å². The molecule has 0 amide bonds. The van der Waals surface area contributed by atoms with Gasteiger partial charge in [0, 0.05) is 26.0 Å². The molecular weight excluding hydrogens is 304 g/mol. The first kappa shape index (κ1) is 17.3. The van der Waals surface area contributed by atoms with Gasteiger partial charge >= 0.3 is 0 Å². The Kier molecular flexibility index (Phi) is 6.31. The number of nitrogens with zero attached hydrogens (tertiary/aromatic N) is 2. The second-order valence-electron chi connectivity index (χ2n) is 5.33. The standard InChI is InChI=1S/C15H24N2O4S/c1-3-22(18,19)17-9-6-15(21-11-10-20-2)14(17)12-13-4-7-16-8-5-13/h4-5,7-8,14-15H,3,6,9-12H2,1-2H3/t14-,15-/m1/s1. The van der Waals surface area contributed by atoms with Crippen LogP contribution in [0, 0.1) is 0 Å². The number of hydrogen-bond acceptors (Lipinski definition) is 5. The molecule has 7 heteroatoms. The van der Waals surface area contributed by atoms with Crippen LogP contribution in [-0.4, -0.2) is 62.5 Å². The van der Waals surface area contributed by atoms with E-state index in [4.69, 9.17) is 9.47 Å². The Bertz CT molecular complexity index is 550. The van der Waals surface area contributed by atoms with Crippen molar-refractivity contribution in [3.05, 3.63) is 30.1 Å². The van der Waals surface area contributed by atoms with Gasteiger partial charge in [0.05, 0.1) is 31.1 Å². The number of sulfonamides is 1. The predicted molar refractivity (Wildman–Crippen MR) is 84.1 cm³/mol. The molecule has 6 nitrogen and oxygen atoms in total. The molecule has 1 fully saturated rings. The molecule has 1 saturated heterocycles. The van der Waals surface area contributed by atoms with Crippen LogP contribution in [0.5, 0.6) is 0 Å². The summed E-state index contributed by atoms with van der Waals surface area (Å²) in [7, 11) is -1.60. The zero-order chi connectivity index (χ0) is 16.0. The fourth-order valence-electron chi connectivity index (χ4n) is 2.78. The first-order chi connectivity index (χ1) is 10.6. The minimum atomic E-state index is -3.22. The summed E-state index contributed by atoms with van der Waals surface area (Å²) in [6.45, 7) is 3.19. The molecule has 0 aliphatic carbocycles. The lowest BCUT2D eigenvalue weighted by atomic mass is 10.0. The zero-order valence-corrected chi connectivity index (χ0v) is 14.0. The van der Waals surface area contributed by atoms with E-state index in [1.54, 1.807) is 30.7 Å². The van der Waals surface area contributed by atoms with Gasteiger partial charge in [0.15, 0.2) is 0 Å². The van der Waals surface area contributed by atoms with Crippen molar-refractivity contribution in [2.75, 3.05) is 32.6 Å². The maximum atomic E-state index is 12.3. The molecule has 2 heterocycles. The molecule has 0 bridgehead atoms. The van der Waals surface area contributed by atoms with Crippen molar-refractivity contribution in [1.82, 2.24) is 9.29 Å². The highest BCUT2D eigenvalue weighted by atomic mass is 32.2. The summed E-state index contributed by atoms with van der Waals surface area (Å²) >= 11 is 0. The smallest absolute Gasteiger partial charge is 0.214 e. The van der Waals surface area contributed by atoms with Gasteiger partial charge < -0.3 is 9.47 Å². The minimum Gasteiger partial charge on any atom is -0.382 e. The van der Waals surface area contributed by atoms with E-state index in [2.05, 4.69) is 4.98 Å². The van der Waals surface area contributed by atoms with E-state index >= 15 is 0 Å². The maximum absolute atomic E-state index is 12.3. The van der Waals surface area contributed by atoms with E-state index in [0.717, 1.165) is 12.0 Å². The van der Waals surface area contributed by atoms with Gasteiger partial charge in [-0.3, -0.25) is 4.98 Å². The largest absolute Gasteiger partial charge is 0.382 e. The average Bonchev–Trinajstić information content (AvgIpc) is 2.92. The summed E-state index contributed by atoms with van der Waals surface area (Å²) in [5.41, 5.74) is 1.07. The van der Waals surface area contributed by atoms with Crippen molar-refractivity contribution < 1.29 is 17.9 Å². The fourth-order valence-corrected chi connectivity index (χ4v) is 4.12. The van der Waals surface area contributed by atoms with Crippen LogP contribution in [0.1, 0.15) is 18.9 Å². The Morgan fingerprint density at radius 2 is 2.05 bits per heavy atom. The third kappa shape index (κ3) is 4.25. The van der Waals surface area contributed by atoms with Gasteiger partial charge in [0.1, 0.15) is 0 Å². The van der Waals surface area contributed by atoms with E-state index < -0.39 is 10.0 Å². The first-order valence-electron chi connectivity index (χ1n) is 7.57. The van der Waals surface area contributed by atoms with Gasteiger partial charge in [0.25, 0.3) is 0 Å². The lowest BCUT2D eigenvalue weighted by molar-refractivity contribution is 0.00637. The third-order valence-electron chi connectivity index (χ3n) is 3.97. The number of hydrogen-bond donors (Lipinski definition) is 0. The van der Waals surface area contributed by atoms with Crippen LogP contribution in [0.3, 0.4) is 0 Å². The Labute approximate surface area is 132 Å². The summed E-state index contributed by atoms with van der Waals surface area (Å²) in [6.07, 6.45) is 4.72. The fraction of sp³-hybridized carbons (Fsp3) is 0.667. The third-order valence-corrected chi connectivity index (χ3v) is 5.87. The molecule has 1 aliphatic rings. The number of pyridine rings is 1. The van der Waals surface area contributed by atoms with E-state index in [0.29, 0.717) is 26.2 Å². The van der Waals surface area contributed by atoms with Crippen LogP contribution in [0.2, 0.25) is 0 Å². The quantitative estimate of drug-likeness (QED) is 0.668. The highest BCUT2D eigenvalue weighted by Gasteiger charge is 2.40. The average molecular weight is 328 g/mol. The predicted octanol–water partition coefficient (Wildman–Crippen LogP) is 1.08. The van der Waals surface area contributed by atoms with Gasteiger partial charge in [0.2, 0.25) is 10.0 Å². The molecule has 0 spiro atoms. The molecule has 1 aromatic heterocycles. The molecular formula is C15H24N2O4S. The molecule has 22 heavy (non-hydrogen) atoms. The molecule has 0 saturated carbocycles. The number of methoxy groups -OCH3 is 1. The van der Waals surface area contributed by atoms with Gasteiger partial charge in [-0.2, -0.15) is 4.31 Å². The minimum absolute atomic E-state index is 0.0929. The van der Waals surface area contributed by atoms with Crippen LogP contribution >= 0.6 is 0 Å². The molecule has 0 unspecified atom stereocenters. The second-order valence-corrected chi connectivity index (χ2v) is 7.54. The summed E-state index contributed by atoms with van der Waals surface area (Å²) in [4.78, 5) is 4.00. The summed E-state index contributed by atoms with van der Waals surface area (Å²) in [5, 5.41) is 0. The lowest BCUT2D eigenvalue weighted by Crippen LogP contribution is -2.42. The number of rotatable bonds is 8. The summed E-state index contributed by atoms with van der Waals surface area (Å²) < 4.78 is 37.1. The molecule has 124 valence electrons. The number of ether oxygens (including phenoxy) is 2. The SMILES string of the molecule is CCS(=O)(=O)N1CC[C@@H](OCCOC)[C@H]1Cc1ccncc1. The topological polar surface area (TPSA) is 68.7 Å². The molecule has 2 rings (SSSR count). The van der Waals surface area contributed by atoms with Crippen LogP contribution in [0.4, 0.5) is 0 Å². The molecule has 1 aliphatic heterocycles. The van der Waals surface area contributed by atoms with E-state index in [9.17, 15) is 8.42 Å². The van der Waals surface area contributed by atoms with Gasteiger partial charge in [-0.1, -0.05) is 0 Å². The molecule has 0 N–H and O–H groups in total. The molecule has 0 aromatic carbocycles. The van der Waals surface area contributed by atoms with Gasteiger partial charge in [-0.25, -0.2) is 8.42 Å². The Balaban J connectivity index is 2.14. The molecule has 1 aromatic rings. The maximum Gasteiger partial charge on any atom is 0.214 e.